The average Bonchev–Trinajstić information content (AvgIpc) is 3.34. The van der Waals surface area contributed by atoms with Crippen LogP contribution in [0.25, 0.3) is 0 Å². The van der Waals surface area contributed by atoms with E-state index in [4.69, 9.17) is 9.47 Å². The van der Waals surface area contributed by atoms with Crippen molar-refractivity contribution in [3.63, 3.8) is 0 Å². The second kappa shape index (κ2) is 10.3. The Kier molecular flexibility index (Phi) is 8.06. The van der Waals surface area contributed by atoms with Crippen molar-refractivity contribution < 1.29 is 9.47 Å². The standard InChI is InChI=1S/C20H33N3O2/c1-5-7-16-13-18(16)23-20(21-3)22-14-17-9-8-15(2)12-19(17)25-11-6-10-24-4/h8-9,12,16,18H,5-7,10-11,13-14H2,1-4H3,(H2,21,22,23). The van der Waals surface area contributed by atoms with Crippen LogP contribution >= 0.6 is 0 Å². The number of benzene rings is 1. The summed E-state index contributed by atoms with van der Waals surface area (Å²) in [6.45, 7) is 6.41. The van der Waals surface area contributed by atoms with Gasteiger partial charge in [0.2, 0.25) is 0 Å². The zero-order valence-electron chi connectivity index (χ0n) is 16.1. The topological polar surface area (TPSA) is 54.9 Å². The molecule has 1 aromatic rings. The van der Waals surface area contributed by atoms with Crippen molar-refractivity contribution in [1.82, 2.24) is 10.6 Å². The molecular weight excluding hydrogens is 314 g/mol. The minimum Gasteiger partial charge on any atom is -0.493 e. The summed E-state index contributed by atoms with van der Waals surface area (Å²) in [5.74, 6) is 2.62. The van der Waals surface area contributed by atoms with Crippen LogP contribution in [0.2, 0.25) is 0 Å². The molecule has 0 aromatic heterocycles. The van der Waals surface area contributed by atoms with E-state index in [2.05, 4.69) is 47.7 Å². The van der Waals surface area contributed by atoms with Crippen molar-refractivity contribution in [2.24, 2.45) is 10.9 Å². The highest BCUT2D eigenvalue weighted by molar-refractivity contribution is 5.80. The SMILES string of the molecule is CCCC1CC1NC(=NC)NCc1ccc(C)cc1OCCCOC. The molecule has 0 aliphatic heterocycles. The number of nitrogens with one attached hydrogen (secondary N) is 2. The number of hydrogen-bond acceptors (Lipinski definition) is 3. The van der Waals surface area contributed by atoms with E-state index < -0.39 is 0 Å². The molecular formula is C20H33N3O2. The second-order valence-corrected chi connectivity index (χ2v) is 6.77. The molecule has 140 valence electrons. The minimum atomic E-state index is 0.578. The van der Waals surface area contributed by atoms with Gasteiger partial charge < -0.3 is 20.1 Å². The Labute approximate surface area is 152 Å². The maximum atomic E-state index is 5.95. The molecule has 1 saturated carbocycles. The number of methoxy groups -OCH3 is 1. The highest BCUT2D eigenvalue weighted by Gasteiger charge is 2.36. The number of rotatable bonds is 10. The molecule has 0 spiro atoms. The summed E-state index contributed by atoms with van der Waals surface area (Å²) in [7, 11) is 3.54. The van der Waals surface area contributed by atoms with Crippen LogP contribution in [0.4, 0.5) is 0 Å². The molecule has 1 aromatic carbocycles. The van der Waals surface area contributed by atoms with Gasteiger partial charge in [-0.2, -0.15) is 0 Å². The smallest absolute Gasteiger partial charge is 0.191 e. The zero-order chi connectivity index (χ0) is 18.1. The lowest BCUT2D eigenvalue weighted by Gasteiger charge is -2.15. The van der Waals surface area contributed by atoms with Crippen molar-refractivity contribution in [1.29, 1.82) is 0 Å². The van der Waals surface area contributed by atoms with E-state index in [1.54, 1.807) is 7.11 Å². The van der Waals surface area contributed by atoms with Gasteiger partial charge in [0.05, 0.1) is 6.61 Å². The summed E-state index contributed by atoms with van der Waals surface area (Å²) >= 11 is 0. The molecule has 2 unspecified atom stereocenters. The van der Waals surface area contributed by atoms with Crippen molar-refractivity contribution in [2.45, 2.75) is 52.1 Å². The maximum Gasteiger partial charge on any atom is 0.191 e. The highest BCUT2D eigenvalue weighted by Crippen LogP contribution is 2.34. The first-order valence-electron chi connectivity index (χ1n) is 9.36. The molecule has 2 atom stereocenters. The monoisotopic (exact) mass is 347 g/mol. The zero-order valence-corrected chi connectivity index (χ0v) is 16.1. The Hall–Kier alpha value is -1.75. The molecule has 25 heavy (non-hydrogen) atoms. The lowest BCUT2D eigenvalue weighted by atomic mass is 10.1. The van der Waals surface area contributed by atoms with Gasteiger partial charge in [0.1, 0.15) is 5.75 Å². The number of hydrogen-bond donors (Lipinski definition) is 2. The van der Waals surface area contributed by atoms with Crippen LogP contribution in [0.3, 0.4) is 0 Å². The quantitative estimate of drug-likeness (QED) is 0.387. The summed E-state index contributed by atoms with van der Waals surface area (Å²) < 4.78 is 11.0. The summed E-state index contributed by atoms with van der Waals surface area (Å²) in [6, 6.07) is 6.91. The van der Waals surface area contributed by atoms with Crippen LogP contribution in [0.1, 0.15) is 43.7 Å². The summed E-state index contributed by atoms with van der Waals surface area (Å²) in [4.78, 5) is 4.35. The molecule has 1 aliphatic carbocycles. The third-order valence-corrected chi connectivity index (χ3v) is 4.55. The molecule has 1 fully saturated rings. The van der Waals surface area contributed by atoms with Crippen molar-refractivity contribution in [2.75, 3.05) is 27.4 Å². The second-order valence-electron chi connectivity index (χ2n) is 6.77. The Balaban J connectivity index is 1.86. The Morgan fingerprint density at radius 2 is 2.16 bits per heavy atom. The summed E-state index contributed by atoms with van der Waals surface area (Å²) in [5, 5.41) is 6.93. The number of guanidine groups is 1. The third kappa shape index (κ3) is 6.58. The molecule has 0 amide bonds. The van der Waals surface area contributed by atoms with Crippen molar-refractivity contribution in [3.05, 3.63) is 29.3 Å². The predicted molar refractivity (Wildman–Crippen MR) is 103 cm³/mol. The summed E-state index contributed by atoms with van der Waals surface area (Å²) in [6.07, 6.45) is 4.70. The Morgan fingerprint density at radius 3 is 2.88 bits per heavy atom. The van der Waals surface area contributed by atoms with Gasteiger partial charge >= 0.3 is 0 Å². The van der Waals surface area contributed by atoms with E-state index in [0.29, 0.717) is 19.2 Å². The van der Waals surface area contributed by atoms with Gasteiger partial charge in [0.25, 0.3) is 0 Å². The first-order valence-corrected chi connectivity index (χ1v) is 9.36. The van der Waals surface area contributed by atoms with E-state index in [9.17, 15) is 0 Å². The number of ether oxygens (including phenoxy) is 2. The van der Waals surface area contributed by atoms with Gasteiger partial charge in [-0.05, 0) is 37.3 Å². The molecule has 1 aliphatic rings. The fourth-order valence-electron chi connectivity index (χ4n) is 2.99. The van der Waals surface area contributed by atoms with Crippen LogP contribution < -0.4 is 15.4 Å². The lowest BCUT2D eigenvalue weighted by Crippen LogP contribution is -2.38. The molecule has 5 heteroatoms. The number of aliphatic imine (C=N–C) groups is 1. The molecule has 0 bridgehead atoms. The fraction of sp³-hybridized carbons (Fsp3) is 0.650. The number of aryl methyl sites for hydroxylation is 1. The Bertz CT molecular complexity index is 560. The molecule has 2 rings (SSSR count). The predicted octanol–water partition coefficient (Wildman–Crippen LogP) is 3.26. The van der Waals surface area contributed by atoms with Gasteiger partial charge in [0, 0.05) is 45.3 Å². The van der Waals surface area contributed by atoms with E-state index >= 15 is 0 Å². The average molecular weight is 348 g/mol. The maximum absolute atomic E-state index is 5.95. The Morgan fingerprint density at radius 1 is 1.32 bits per heavy atom. The first-order chi connectivity index (χ1) is 12.2. The van der Waals surface area contributed by atoms with E-state index in [1.165, 1.54) is 24.8 Å². The van der Waals surface area contributed by atoms with Crippen LogP contribution in [0.5, 0.6) is 5.75 Å². The van der Waals surface area contributed by atoms with Gasteiger partial charge in [0.15, 0.2) is 5.96 Å². The van der Waals surface area contributed by atoms with Crippen LogP contribution in [0.15, 0.2) is 23.2 Å². The molecule has 0 radical (unpaired) electrons. The molecule has 0 saturated heterocycles. The van der Waals surface area contributed by atoms with E-state index in [1.807, 2.05) is 7.05 Å². The first kappa shape index (κ1) is 19.6. The highest BCUT2D eigenvalue weighted by atomic mass is 16.5. The van der Waals surface area contributed by atoms with Crippen LogP contribution in [-0.4, -0.2) is 39.4 Å². The van der Waals surface area contributed by atoms with Gasteiger partial charge in [-0.25, -0.2) is 0 Å². The lowest BCUT2D eigenvalue weighted by molar-refractivity contribution is 0.172. The van der Waals surface area contributed by atoms with E-state index in [0.717, 1.165) is 36.2 Å². The fourth-order valence-corrected chi connectivity index (χ4v) is 2.99. The summed E-state index contributed by atoms with van der Waals surface area (Å²) in [5.41, 5.74) is 2.35. The van der Waals surface area contributed by atoms with Gasteiger partial charge in [-0.15, -0.1) is 0 Å². The van der Waals surface area contributed by atoms with Crippen molar-refractivity contribution in [3.8, 4) is 5.75 Å². The molecule has 0 heterocycles. The van der Waals surface area contributed by atoms with Gasteiger partial charge in [-0.3, -0.25) is 4.99 Å². The van der Waals surface area contributed by atoms with Gasteiger partial charge in [-0.1, -0.05) is 25.5 Å². The third-order valence-electron chi connectivity index (χ3n) is 4.55. The minimum absolute atomic E-state index is 0.578. The number of nitrogens with zero attached hydrogens (tertiary/aromatic N) is 1. The van der Waals surface area contributed by atoms with E-state index in [-0.39, 0.29) is 0 Å². The van der Waals surface area contributed by atoms with Crippen LogP contribution in [0, 0.1) is 12.8 Å². The van der Waals surface area contributed by atoms with Crippen LogP contribution in [-0.2, 0) is 11.3 Å². The molecule has 2 N–H and O–H groups in total. The molecule has 5 nitrogen and oxygen atoms in total. The van der Waals surface area contributed by atoms with Crippen molar-refractivity contribution >= 4 is 5.96 Å². The normalized spacial score (nSPS) is 19.6. The largest absolute Gasteiger partial charge is 0.493 e.